The van der Waals surface area contributed by atoms with Gasteiger partial charge in [-0.25, -0.2) is 0 Å². The molecule has 1 N–H and O–H groups in total. The van der Waals surface area contributed by atoms with E-state index < -0.39 is 12.0 Å². The predicted octanol–water partition coefficient (Wildman–Crippen LogP) is 2.43. The molecule has 0 saturated carbocycles. The fourth-order valence-electron chi connectivity index (χ4n) is 1.20. The van der Waals surface area contributed by atoms with Crippen molar-refractivity contribution in [3.05, 3.63) is 35.9 Å². The van der Waals surface area contributed by atoms with Gasteiger partial charge >= 0.3 is 6.18 Å². The standard InChI is InChI=1S/C10H11F3O2/c1-2-15-9(14,10(11,12)13)8-6-4-3-5-7-8/h3-7,14H,2H2,1H3/t9-/m1/s1. The summed E-state index contributed by atoms with van der Waals surface area (Å²) in [6.07, 6.45) is -4.86. The highest BCUT2D eigenvalue weighted by Gasteiger charge is 2.56. The van der Waals surface area contributed by atoms with Crippen molar-refractivity contribution in [1.82, 2.24) is 0 Å². The Morgan fingerprint density at radius 3 is 2.13 bits per heavy atom. The first-order valence-corrected chi connectivity index (χ1v) is 4.40. The highest BCUT2D eigenvalue weighted by molar-refractivity contribution is 5.21. The van der Waals surface area contributed by atoms with Crippen molar-refractivity contribution in [2.24, 2.45) is 0 Å². The van der Waals surface area contributed by atoms with Gasteiger partial charge in [0.25, 0.3) is 5.79 Å². The van der Waals surface area contributed by atoms with Gasteiger partial charge in [0.1, 0.15) is 0 Å². The van der Waals surface area contributed by atoms with E-state index in [1.165, 1.54) is 31.2 Å². The Hall–Kier alpha value is -1.07. The Morgan fingerprint density at radius 2 is 1.73 bits per heavy atom. The van der Waals surface area contributed by atoms with Gasteiger partial charge in [-0.05, 0) is 6.92 Å². The SMILES string of the molecule is CCO[C@](O)(c1ccccc1)C(F)(F)F. The topological polar surface area (TPSA) is 29.5 Å². The van der Waals surface area contributed by atoms with E-state index >= 15 is 0 Å². The van der Waals surface area contributed by atoms with Crippen molar-refractivity contribution >= 4 is 0 Å². The Balaban J connectivity index is 3.13. The van der Waals surface area contributed by atoms with Crippen LogP contribution in [0.1, 0.15) is 12.5 Å². The molecule has 0 bridgehead atoms. The zero-order valence-corrected chi connectivity index (χ0v) is 8.08. The minimum atomic E-state index is -4.86. The predicted molar refractivity (Wildman–Crippen MR) is 48.0 cm³/mol. The van der Waals surface area contributed by atoms with Crippen molar-refractivity contribution in [1.29, 1.82) is 0 Å². The molecule has 0 radical (unpaired) electrons. The summed E-state index contributed by atoms with van der Waals surface area (Å²) in [7, 11) is 0. The first-order valence-electron chi connectivity index (χ1n) is 4.40. The van der Waals surface area contributed by atoms with Crippen molar-refractivity contribution in [2.45, 2.75) is 18.9 Å². The number of hydrogen-bond donors (Lipinski definition) is 1. The summed E-state index contributed by atoms with van der Waals surface area (Å²) in [6, 6.07) is 6.72. The fraction of sp³-hybridized carbons (Fsp3) is 0.400. The lowest BCUT2D eigenvalue weighted by atomic mass is 10.1. The van der Waals surface area contributed by atoms with Crippen molar-refractivity contribution in [3.8, 4) is 0 Å². The number of rotatable bonds is 3. The maximum absolute atomic E-state index is 12.6. The van der Waals surface area contributed by atoms with E-state index in [-0.39, 0.29) is 12.2 Å². The Labute approximate surface area is 85.3 Å². The van der Waals surface area contributed by atoms with Crippen LogP contribution in [-0.4, -0.2) is 17.9 Å². The molecule has 1 atom stereocenters. The number of ether oxygens (including phenoxy) is 1. The third kappa shape index (κ3) is 2.30. The summed E-state index contributed by atoms with van der Waals surface area (Å²) < 4.78 is 42.2. The molecule has 5 heteroatoms. The van der Waals surface area contributed by atoms with Gasteiger partial charge in [0.2, 0.25) is 0 Å². The molecule has 1 aromatic rings. The summed E-state index contributed by atoms with van der Waals surface area (Å²) in [5, 5.41) is 9.47. The molecule has 0 aromatic heterocycles. The van der Waals surface area contributed by atoms with E-state index in [9.17, 15) is 18.3 Å². The molecule has 1 rings (SSSR count). The van der Waals surface area contributed by atoms with Gasteiger partial charge in [0.15, 0.2) is 0 Å². The van der Waals surface area contributed by atoms with E-state index in [1.807, 2.05) is 0 Å². The molecular formula is C10H11F3O2. The molecule has 0 spiro atoms. The number of alkyl halides is 3. The zero-order valence-electron chi connectivity index (χ0n) is 8.08. The first-order chi connectivity index (χ1) is 6.92. The van der Waals surface area contributed by atoms with Gasteiger partial charge in [-0.3, -0.25) is 0 Å². The molecule has 0 aliphatic heterocycles. The normalized spacial score (nSPS) is 16.1. The Morgan fingerprint density at radius 1 is 1.20 bits per heavy atom. The van der Waals surface area contributed by atoms with Crippen LogP contribution in [0.5, 0.6) is 0 Å². The van der Waals surface area contributed by atoms with Crippen LogP contribution in [-0.2, 0) is 10.5 Å². The van der Waals surface area contributed by atoms with Crippen molar-refractivity contribution in [2.75, 3.05) is 6.61 Å². The lowest BCUT2D eigenvalue weighted by molar-refractivity contribution is -0.374. The maximum atomic E-state index is 12.6. The summed E-state index contributed by atoms with van der Waals surface area (Å²) in [6.45, 7) is 1.16. The average Bonchev–Trinajstić information content (AvgIpc) is 2.18. The second-order valence-electron chi connectivity index (χ2n) is 2.94. The molecule has 84 valence electrons. The number of halogens is 3. The van der Waals surface area contributed by atoms with Gasteiger partial charge in [-0.1, -0.05) is 30.3 Å². The fourth-order valence-corrected chi connectivity index (χ4v) is 1.20. The van der Waals surface area contributed by atoms with Crippen LogP contribution in [0.3, 0.4) is 0 Å². The molecule has 0 heterocycles. The average molecular weight is 220 g/mol. The third-order valence-corrected chi connectivity index (χ3v) is 1.90. The molecule has 0 unspecified atom stereocenters. The van der Waals surface area contributed by atoms with Crippen molar-refractivity contribution in [3.63, 3.8) is 0 Å². The van der Waals surface area contributed by atoms with Crippen LogP contribution in [0.2, 0.25) is 0 Å². The third-order valence-electron chi connectivity index (χ3n) is 1.90. The smallest absolute Gasteiger partial charge is 0.355 e. The highest BCUT2D eigenvalue weighted by Crippen LogP contribution is 2.39. The van der Waals surface area contributed by atoms with Gasteiger partial charge in [0, 0.05) is 12.2 Å². The monoisotopic (exact) mass is 220 g/mol. The molecule has 0 saturated heterocycles. The van der Waals surface area contributed by atoms with Crippen LogP contribution < -0.4 is 0 Å². The van der Waals surface area contributed by atoms with Gasteiger partial charge < -0.3 is 9.84 Å². The Kier molecular flexibility index (Phi) is 3.36. The number of hydrogen-bond acceptors (Lipinski definition) is 2. The minimum absolute atomic E-state index is 0.231. The summed E-state index contributed by atoms with van der Waals surface area (Å²) in [5.41, 5.74) is -0.320. The summed E-state index contributed by atoms with van der Waals surface area (Å²) >= 11 is 0. The first kappa shape index (κ1) is 12.0. The van der Waals surface area contributed by atoms with Crippen LogP contribution in [0, 0.1) is 0 Å². The van der Waals surface area contributed by atoms with Crippen LogP contribution >= 0.6 is 0 Å². The zero-order chi connectivity index (χ0) is 11.5. The minimum Gasteiger partial charge on any atom is -0.355 e. The molecule has 2 nitrogen and oxygen atoms in total. The molecule has 0 fully saturated rings. The van der Waals surface area contributed by atoms with Crippen molar-refractivity contribution < 1.29 is 23.0 Å². The Bertz CT molecular complexity index is 310. The molecule has 0 aliphatic carbocycles. The quantitative estimate of drug-likeness (QED) is 0.793. The molecule has 0 amide bonds. The second kappa shape index (κ2) is 4.20. The molecule has 1 aromatic carbocycles. The summed E-state index contributed by atoms with van der Waals surface area (Å²) in [5.74, 6) is -3.22. The van der Waals surface area contributed by atoms with E-state index in [4.69, 9.17) is 0 Å². The maximum Gasteiger partial charge on any atom is 0.448 e. The number of benzene rings is 1. The van der Waals surface area contributed by atoms with Crippen LogP contribution in [0.4, 0.5) is 13.2 Å². The summed E-state index contributed by atoms with van der Waals surface area (Å²) in [4.78, 5) is 0. The number of aliphatic hydroxyl groups is 1. The highest BCUT2D eigenvalue weighted by atomic mass is 19.4. The van der Waals surface area contributed by atoms with Gasteiger partial charge in [-0.15, -0.1) is 0 Å². The van der Waals surface area contributed by atoms with Crippen LogP contribution in [0.25, 0.3) is 0 Å². The van der Waals surface area contributed by atoms with E-state index in [2.05, 4.69) is 4.74 Å². The lowest BCUT2D eigenvalue weighted by Crippen LogP contribution is -2.44. The molecule has 0 aliphatic rings. The second-order valence-corrected chi connectivity index (χ2v) is 2.94. The molecular weight excluding hydrogens is 209 g/mol. The van der Waals surface area contributed by atoms with E-state index in [1.54, 1.807) is 6.07 Å². The lowest BCUT2D eigenvalue weighted by Gasteiger charge is -2.30. The van der Waals surface area contributed by atoms with Gasteiger partial charge in [-0.2, -0.15) is 13.2 Å². The van der Waals surface area contributed by atoms with Gasteiger partial charge in [0.05, 0.1) is 0 Å². The van der Waals surface area contributed by atoms with E-state index in [0.29, 0.717) is 0 Å². The molecule has 15 heavy (non-hydrogen) atoms. The largest absolute Gasteiger partial charge is 0.448 e. The van der Waals surface area contributed by atoms with E-state index in [0.717, 1.165) is 0 Å². The van der Waals surface area contributed by atoms with Crippen LogP contribution in [0.15, 0.2) is 30.3 Å².